The van der Waals surface area contributed by atoms with Crippen LogP contribution in [0.15, 0.2) is 23.1 Å². The van der Waals surface area contributed by atoms with E-state index in [0.29, 0.717) is 18.4 Å². The normalized spacial score (nSPS) is 19.0. The molecule has 0 radical (unpaired) electrons. The lowest BCUT2D eigenvalue weighted by Gasteiger charge is -2.30. The molecule has 1 saturated heterocycles. The third kappa shape index (κ3) is 3.76. The average Bonchev–Trinajstić information content (AvgIpc) is 2.55. The molecule has 1 aliphatic rings. The average molecular weight is 355 g/mol. The Bertz CT molecular complexity index is 743. The van der Waals surface area contributed by atoms with Crippen molar-refractivity contribution in [3.05, 3.63) is 29.3 Å². The van der Waals surface area contributed by atoms with Crippen molar-refractivity contribution in [1.82, 2.24) is 4.31 Å². The first-order valence-corrected chi connectivity index (χ1v) is 9.22. The van der Waals surface area contributed by atoms with Crippen LogP contribution in [0.3, 0.4) is 0 Å². The first kappa shape index (κ1) is 18.4. The summed E-state index contributed by atoms with van der Waals surface area (Å²) < 4.78 is 31.7. The van der Waals surface area contributed by atoms with Crippen molar-refractivity contribution >= 4 is 22.0 Å². The van der Waals surface area contributed by atoms with Crippen molar-refractivity contribution in [3.63, 3.8) is 0 Å². The monoisotopic (exact) mass is 355 g/mol. The summed E-state index contributed by atoms with van der Waals surface area (Å²) in [5, 5.41) is 9.12. The van der Waals surface area contributed by atoms with Crippen molar-refractivity contribution in [2.45, 2.75) is 31.6 Å². The molecule has 1 atom stereocenters. The van der Waals surface area contributed by atoms with E-state index < -0.39 is 27.9 Å². The number of sulfonamides is 1. The molecule has 0 spiro atoms. The van der Waals surface area contributed by atoms with Gasteiger partial charge in [0.2, 0.25) is 10.0 Å². The maximum Gasteiger partial charge on any atom is 0.338 e. The lowest BCUT2D eigenvalue weighted by molar-refractivity contribution is -0.142. The van der Waals surface area contributed by atoms with Crippen LogP contribution in [0.25, 0.3) is 0 Å². The molecule has 1 fully saturated rings. The number of ether oxygens (including phenoxy) is 1. The Hall–Kier alpha value is -1.93. The van der Waals surface area contributed by atoms with Gasteiger partial charge in [0.1, 0.15) is 0 Å². The Kier molecular flexibility index (Phi) is 5.61. The number of aryl methyl sites for hydroxylation is 1. The minimum Gasteiger partial charge on any atom is -0.481 e. The third-order valence-electron chi connectivity index (χ3n) is 4.08. The number of aliphatic carboxylic acids is 1. The maximum atomic E-state index is 12.8. The summed E-state index contributed by atoms with van der Waals surface area (Å²) in [5.41, 5.74) is 0.819. The van der Waals surface area contributed by atoms with Gasteiger partial charge in [-0.1, -0.05) is 6.07 Å². The number of benzene rings is 1. The van der Waals surface area contributed by atoms with Crippen LogP contribution in [0.4, 0.5) is 0 Å². The van der Waals surface area contributed by atoms with Crippen LogP contribution in [-0.4, -0.2) is 49.5 Å². The fraction of sp³-hybridized carbons (Fsp3) is 0.500. The molecular formula is C16H21NO6S. The van der Waals surface area contributed by atoms with Crippen molar-refractivity contribution in [3.8, 4) is 0 Å². The highest BCUT2D eigenvalue weighted by molar-refractivity contribution is 7.89. The number of nitrogens with zero attached hydrogens (tertiary/aromatic N) is 1. The number of carbonyl (C=O) groups is 2. The smallest absolute Gasteiger partial charge is 0.338 e. The second-order valence-electron chi connectivity index (χ2n) is 5.74. The zero-order valence-electron chi connectivity index (χ0n) is 13.7. The van der Waals surface area contributed by atoms with E-state index in [9.17, 15) is 18.0 Å². The van der Waals surface area contributed by atoms with Gasteiger partial charge in [0.15, 0.2) is 0 Å². The number of hydrogen-bond donors (Lipinski definition) is 1. The molecule has 1 N–H and O–H groups in total. The molecule has 1 unspecified atom stereocenters. The summed E-state index contributed by atoms with van der Waals surface area (Å²) in [7, 11) is -3.85. The summed E-state index contributed by atoms with van der Waals surface area (Å²) in [6.45, 7) is 3.79. The molecule has 0 aromatic heterocycles. The van der Waals surface area contributed by atoms with E-state index >= 15 is 0 Å². The van der Waals surface area contributed by atoms with E-state index in [1.54, 1.807) is 19.9 Å². The largest absolute Gasteiger partial charge is 0.481 e. The van der Waals surface area contributed by atoms with Crippen LogP contribution in [0.2, 0.25) is 0 Å². The fourth-order valence-electron chi connectivity index (χ4n) is 2.70. The molecule has 8 heteroatoms. The van der Waals surface area contributed by atoms with E-state index in [1.165, 1.54) is 16.4 Å². The Balaban J connectivity index is 2.34. The number of piperidine rings is 1. The number of carbonyl (C=O) groups excluding carboxylic acids is 1. The molecule has 1 heterocycles. The maximum absolute atomic E-state index is 12.8. The molecule has 1 aromatic rings. The van der Waals surface area contributed by atoms with Gasteiger partial charge < -0.3 is 9.84 Å². The molecule has 132 valence electrons. The topological polar surface area (TPSA) is 101 Å². The summed E-state index contributed by atoms with van der Waals surface area (Å²) in [6, 6.07) is 4.28. The quantitative estimate of drug-likeness (QED) is 0.806. The van der Waals surface area contributed by atoms with Crippen LogP contribution >= 0.6 is 0 Å². The van der Waals surface area contributed by atoms with Crippen molar-refractivity contribution in [1.29, 1.82) is 0 Å². The Morgan fingerprint density at radius 2 is 2.08 bits per heavy atom. The molecule has 24 heavy (non-hydrogen) atoms. The van der Waals surface area contributed by atoms with Crippen LogP contribution < -0.4 is 0 Å². The van der Waals surface area contributed by atoms with Crippen molar-refractivity contribution in [2.24, 2.45) is 5.92 Å². The number of rotatable bonds is 5. The van der Waals surface area contributed by atoms with E-state index in [2.05, 4.69) is 0 Å². The third-order valence-corrected chi connectivity index (χ3v) is 5.94. The van der Waals surface area contributed by atoms with Gasteiger partial charge in [-0.25, -0.2) is 13.2 Å². The number of esters is 1. The highest BCUT2D eigenvalue weighted by Gasteiger charge is 2.33. The van der Waals surface area contributed by atoms with Crippen molar-refractivity contribution < 1.29 is 27.9 Å². The number of carboxylic acids is 1. The molecule has 0 amide bonds. The van der Waals surface area contributed by atoms with Crippen molar-refractivity contribution in [2.75, 3.05) is 19.7 Å². The lowest BCUT2D eigenvalue weighted by atomic mass is 10.0. The minimum atomic E-state index is -3.85. The van der Waals surface area contributed by atoms with Gasteiger partial charge in [-0.3, -0.25) is 4.79 Å². The molecule has 1 aromatic carbocycles. The summed E-state index contributed by atoms with van der Waals surface area (Å²) in [5.74, 6) is -2.27. The molecule has 0 saturated carbocycles. The molecular weight excluding hydrogens is 334 g/mol. The van der Waals surface area contributed by atoms with Gasteiger partial charge in [0.25, 0.3) is 0 Å². The van der Waals surface area contributed by atoms with E-state index in [4.69, 9.17) is 9.84 Å². The van der Waals surface area contributed by atoms with Crippen LogP contribution in [-0.2, 0) is 19.6 Å². The van der Waals surface area contributed by atoms with Gasteiger partial charge in [0, 0.05) is 13.1 Å². The second-order valence-corrected chi connectivity index (χ2v) is 7.68. The lowest BCUT2D eigenvalue weighted by Crippen LogP contribution is -2.42. The van der Waals surface area contributed by atoms with Crippen LogP contribution in [0.5, 0.6) is 0 Å². The Morgan fingerprint density at radius 1 is 1.38 bits per heavy atom. The predicted octanol–water partition coefficient (Wildman–Crippen LogP) is 1.66. The highest BCUT2D eigenvalue weighted by atomic mass is 32.2. The first-order valence-electron chi connectivity index (χ1n) is 7.78. The van der Waals surface area contributed by atoms with E-state index in [-0.39, 0.29) is 30.2 Å². The number of carboxylic acid groups (broad SMARTS) is 1. The number of hydrogen-bond acceptors (Lipinski definition) is 5. The zero-order valence-corrected chi connectivity index (χ0v) is 14.5. The Morgan fingerprint density at radius 3 is 2.71 bits per heavy atom. The zero-order chi connectivity index (χ0) is 17.9. The molecule has 0 aliphatic carbocycles. The van der Waals surface area contributed by atoms with Gasteiger partial charge in [-0.15, -0.1) is 0 Å². The van der Waals surface area contributed by atoms with Crippen LogP contribution in [0.1, 0.15) is 35.7 Å². The Labute approximate surface area is 141 Å². The SMILES string of the molecule is CCOC(=O)c1cc(S(=O)(=O)N2CCCC(C(=O)O)C2)ccc1C. The summed E-state index contributed by atoms with van der Waals surface area (Å²) in [6.07, 6.45) is 0.954. The van der Waals surface area contributed by atoms with Gasteiger partial charge in [0.05, 0.1) is 23.0 Å². The molecule has 1 aliphatic heterocycles. The second kappa shape index (κ2) is 7.31. The fourth-order valence-corrected chi connectivity index (χ4v) is 4.25. The van der Waals surface area contributed by atoms with Crippen LogP contribution in [0, 0.1) is 12.8 Å². The van der Waals surface area contributed by atoms with E-state index in [0.717, 1.165) is 0 Å². The minimum absolute atomic E-state index is 0.0257. The highest BCUT2D eigenvalue weighted by Crippen LogP contribution is 2.25. The first-order chi connectivity index (χ1) is 11.3. The molecule has 2 rings (SSSR count). The summed E-state index contributed by atoms with van der Waals surface area (Å²) >= 11 is 0. The predicted molar refractivity (Wildman–Crippen MR) is 86.3 cm³/mol. The van der Waals surface area contributed by atoms with Gasteiger partial charge in [-0.05, 0) is 44.4 Å². The molecule has 7 nitrogen and oxygen atoms in total. The van der Waals surface area contributed by atoms with Gasteiger partial charge in [-0.2, -0.15) is 4.31 Å². The standard InChI is InChI=1S/C16H21NO6S/c1-3-23-16(20)14-9-13(7-6-11(14)2)24(21,22)17-8-4-5-12(10-17)15(18)19/h6-7,9,12H,3-5,8,10H2,1-2H3,(H,18,19). The van der Waals surface area contributed by atoms with Gasteiger partial charge >= 0.3 is 11.9 Å². The van der Waals surface area contributed by atoms with E-state index in [1.807, 2.05) is 0 Å². The summed E-state index contributed by atoms with van der Waals surface area (Å²) in [4.78, 5) is 23.1. The molecule has 0 bridgehead atoms.